The Bertz CT molecular complexity index is 902. The van der Waals surface area contributed by atoms with Gasteiger partial charge in [0.05, 0.1) is 0 Å². The van der Waals surface area contributed by atoms with E-state index in [1.54, 1.807) is 0 Å². The Morgan fingerprint density at radius 3 is 1.43 bits per heavy atom. The van der Waals surface area contributed by atoms with E-state index in [0.29, 0.717) is 5.92 Å². The Balaban J connectivity index is 1.14. The minimum absolute atomic E-state index is 0.660. The molecule has 40 heavy (non-hydrogen) atoms. The van der Waals surface area contributed by atoms with E-state index in [2.05, 4.69) is 50.5 Å². The molecule has 4 rings (SSSR count). The highest BCUT2D eigenvalue weighted by Crippen LogP contribution is 2.39. The SMILES string of the molecule is CCCCCCCCCCC1CCC(c2cnc(-c3ccc(C4CCC(CCCCCC)CC4)cc3)nc2)CC1. The Morgan fingerprint density at radius 1 is 0.500 bits per heavy atom. The first-order valence-electron chi connectivity index (χ1n) is 17.7. The monoisotopic (exact) mass is 544 g/mol. The van der Waals surface area contributed by atoms with Gasteiger partial charge in [-0.3, -0.25) is 0 Å². The molecule has 0 saturated heterocycles. The van der Waals surface area contributed by atoms with Gasteiger partial charge in [0.15, 0.2) is 5.82 Å². The summed E-state index contributed by atoms with van der Waals surface area (Å²) < 4.78 is 0. The number of rotatable bonds is 17. The van der Waals surface area contributed by atoms with Crippen LogP contribution in [0.25, 0.3) is 11.4 Å². The van der Waals surface area contributed by atoms with Crippen LogP contribution in [0.1, 0.15) is 178 Å². The maximum atomic E-state index is 4.82. The van der Waals surface area contributed by atoms with E-state index in [-0.39, 0.29) is 0 Å². The molecule has 0 unspecified atom stereocenters. The molecular weight excluding hydrogens is 484 g/mol. The highest BCUT2D eigenvalue weighted by molar-refractivity contribution is 5.55. The molecule has 2 aliphatic rings. The Morgan fingerprint density at radius 2 is 0.925 bits per heavy atom. The molecule has 222 valence electrons. The summed E-state index contributed by atoms with van der Waals surface area (Å²) in [4.78, 5) is 9.64. The molecule has 1 aromatic heterocycles. The van der Waals surface area contributed by atoms with Crippen LogP contribution in [0.3, 0.4) is 0 Å². The zero-order valence-electron chi connectivity index (χ0n) is 26.2. The zero-order chi connectivity index (χ0) is 27.8. The quantitative estimate of drug-likeness (QED) is 0.185. The van der Waals surface area contributed by atoms with E-state index in [1.165, 1.54) is 152 Å². The minimum Gasteiger partial charge on any atom is -0.236 e. The van der Waals surface area contributed by atoms with Gasteiger partial charge in [-0.1, -0.05) is 128 Å². The van der Waals surface area contributed by atoms with Crippen molar-refractivity contribution in [1.29, 1.82) is 0 Å². The van der Waals surface area contributed by atoms with Crippen LogP contribution in [0, 0.1) is 11.8 Å². The van der Waals surface area contributed by atoms with E-state index in [0.717, 1.165) is 29.1 Å². The van der Waals surface area contributed by atoms with Crippen LogP contribution in [-0.2, 0) is 0 Å². The minimum atomic E-state index is 0.660. The number of hydrogen-bond donors (Lipinski definition) is 0. The molecule has 1 heterocycles. The molecule has 0 atom stereocenters. The average molecular weight is 545 g/mol. The van der Waals surface area contributed by atoms with Crippen molar-refractivity contribution >= 4 is 0 Å². The smallest absolute Gasteiger partial charge is 0.159 e. The Hall–Kier alpha value is -1.70. The van der Waals surface area contributed by atoms with Gasteiger partial charge in [-0.15, -0.1) is 0 Å². The van der Waals surface area contributed by atoms with Crippen molar-refractivity contribution < 1.29 is 0 Å². The lowest BCUT2D eigenvalue weighted by molar-refractivity contribution is 0.301. The molecule has 0 N–H and O–H groups in total. The number of nitrogens with zero attached hydrogens (tertiary/aromatic N) is 2. The fourth-order valence-corrected chi connectivity index (χ4v) is 7.60. The molecule has 2 aliphatic carbocycles. The Labute approximate surface area is 247 Å². The van der Waals surface area contributed by atoms with E-state index in [4.69, 9.17) is 9.97 Å². The fraction of sp³-hybridized carbons (Fsp3) is 0.737. The topological polar surface area (TPSA) is 25.8 Å². The fourth-order valence-electron chi connectivity index (χ4n) is 7.60. The standard InChI is InChI=1S/C38H60N2/c1-3-5-7-9-10-11-12-14-16-32-19-23-35(24-20-32)37-29-39-38(40-30-37)36-27-25-34(26-28-36)33-21-17-31(18-22-33)15-13-8-6-4-2/h25-33,35H,3-24H2,1-2H3. The van der Waals surface area contributed by atoms with Gasteiger partial charge in [0.2, 0.25) is 0 Å². The zero-order valence-corrected chi connectivity index (χ0v) is 26.2. The first-order valence-corrected chi connectivity index (χ1v) is 17.7. The van der Waals surface area contributed by atoms with Crippen molar-refractivity contribution in [3.63, 3.8) is 0 Å². The normalized spacial score (nSPS) is 23.4. The number of hydrogen-bond acceptors (Lipinski definition) is 2. The highest BCUT2D eigenvalue weighted by atomic mass is 14.9. The van der Waals surface area contributed by atoms with Crippen LogP contribution >= 0.6 is 0 Å². The predicted octanol–water partition coefficient (Wildman–Crippen LogP) is 12.2. The maximum absolute atomic E-state index is 4.82. The second-order valence-electron chi connectivity index (χ2n) is 13.5. The van der Waals surface area contributed by atoms with Crippen LogP contribution in [0.15, 0.2) is 36.7 Å². The lowest BCUT2D eigenvalue weighted by Crippen LogP contribution is -2.14. The summed E-state index contributed by atoms with van der Waals surface area (Å²) in [7, 11) is 0. The molecule has 0 amide bonds. The molecular formula is C38H60N2. The number of benzene rings is 1. The third-order valence-corrected chi connectivity index (χ3v) is 10.4. The highest BCUT2D eigenvalue weighted by Gasteiger charge is 2.24. The molecule has 2 saturated carbocycles. The van der Waals surface area contributed by atoms with Crippen LogP contribution < -0.4 is 0 Å². The largest absolute Gasteiger partial charge is 0.236 e. The lowest BCUT2D eigenvalue weighted by Gasteiger charge is -2.29. The van der Waals surface area contributed by atoms with E-state index < -0.39 is 0 Å². The molecule has 2 heteroatoms. The second-order valence-corrected chi connectivity index (χ2v) is 13.5. The van der Waals surface area contributed by atoms with Crippen LogP contribution in [0.5, 0.6) is 0 Å². The first kappa shape index (κ1) is 31.2. The van der Waals surface area contributed by atoms with Crippen LogP contribution in [0.4, 0.5) is 0 Å². The van der Waals surface area contributed by atoms with Crippen molar-refractivity contribution in [2.24, 2.45) is 11.8 Å². The summed E-state index contributed by atoms with van der Waals surface area (Å²) >= 11 is 0. The van der Waals surface area contributed by atoms with Gasteiger partial charge in [0.1, 0.15) is 0 Å². The van der Waals surface area contributed by atoms with E-state index in [1.807, 2.05) is 0 Å². The molecule has 0 spiro atoms. The summed E-state index contributed by atoms with van der Waals surface area (Å²) in [5, 5.41) is 0. The molecule has 2 nitrogen and oxygen atoms in total. The summed E-state index contributed by atoms with van der Waals surface area (Å²) in [6, 6.07) is 9.23. The Kier molecular flexibility index (Phi) is 14.0. The van der Waals surface area contributed by atoms with Gasteiger partial charge >= 0.3 is 0 Å². The van der Waals surface area contributed by atoms with Crippen molar-refractivity contribution in [1.82, 2.24) is 9.97 Å². The molecule has 0 radical (unpaired) electrons. The third kappa shape index (κ3) is 10.3. The molecule has 2 aromatic rings. The summed E-state index contributed by atoms with van der Waals surface area (Å²) in [6.45, 7) is 4.61. The van der Waals surface area contributed by atoms with Gasteiger partial charge in [-0.2, -0.15) is 0 Å². The van der Waals surface area contributed by atoms with Crippen LogP contribution in [-0.4, -0.2) is 9.97 Å². The van der Waals surface area contributed by atoms with Gasteiger partial charge < -0.3 is 0 Å². The molecule has 0 aliphatic heterocycles. The number of unbranched alkanes of at least 4 members (excludes halogenated alkanes) is 10. The van der Waals surface area contributed by atoms with E-state index in [9.17, 15) is 0 Å². The van der Waals surface area contributed by atoms with Crippen LogP contribution in [0.2, 0.25) is 0 Å². The predicted molar refractivity (Wildman–Crippen MR) is 173 cm³/mol. The second kappa shape index (κ2) is 18.0. The molecule has 2 fully saturated rings. The van der Waals surface area contributed by atoms with Gasteiger partial charge in [0.25, 0.3) is 0 Å². The third-order valence-electron chi connectivity index (χ3n) is 10.4. The van der Waals surface area contributed by atoms with E-state index >= 15 is 0 Å². The summed E-state index contributed by atoms with van der Waals surface area (Å²) in [5.74, 6) is 4.22. The first-order chi connectivity index (χ1) is 19.8. The average Bonchev–Trinajstić information content (AvgIpc) is 3.01. The number of aromatic nitrogens is 2. The van der Waals surface area contributed by atoms with Gasteiger partial charge in [-0.05, 0) is 86.2 Å². The lowest BCUT2D eigenvalue weighted by atomic mass is 9.77. The van der Waals surface area contributed by atoms with Gasteiger partial charge in [-0.25, -0.2) is 9.97 Å². The molecule has 1 aromatic carbocycles. The maximum Gasteiger partial charge on any atom is 0.159 e. The molecule has 0 bridgehead atoms. The van der Waals surface area contributed by atoms with Crippen molar-refractivity contribution in [3.8, 4) is 11.4 Å². The summed E-state index contributed by atoms with van der Waals surface area (Å²) in [6.07, 6.45) is 35.3. The van der Waals surface area contributed by atoms with Crippen molar-refractivity contribution in [2.75, 3.05) is 0 Å². The van der Waals surface area contributed by atoms with Crippen molar-refractivity contribution in [3.05, 3.63) is 47.8 Å². The summed E-state index contributed by atoms with van der Waals surface area (Å²) in [5.41, 5.74) is 4.04. The van der Waals surface area contributed by atoms with Crippen molar-refractivity contribution in [2.45, 2.75) is 167 Å². The van der Waals surface area contributed by atoms with Gasteiger partial charge in [0, 0.05) is 18.0 Å².